The van der Waals surface area contributed by atoms with Crippen LogP contribution in [0.1, 0.15) is 32.1 Å². The minimum Gasteiger partial charge on any atom is -0.461 e. The van der Waals surface area contributed by atoms with E-state index in [4.69, 9.17) is 21.1 Å². The summed E-state index contributed by atoms with van der Waals surface area (Å²) in [6.45, 7) is 2.92. The van der Waals surface area contributed by atoms with Crippen LogP contribution in [0.2, 0.25) is 5.15 Å². The first-order chi connectivity index (χ1) is 15.0. The minimum absolute atomic E-state index is 0.0942. The average molecular weight is 452 g/mol. The topological polar surface area (TPSA) is 63.6 Å². The number of pyridine rings is 1. The fraction of sp³-hybridized carbons (Fsp3) is 0.667. The third-order valence-electron chi connectivity index (χ3n) is 7.31. The number of fused-ring (bicyclic) bond motifs is 4. The molecule has 4 fully saturated rings. The smallest absolute Gasteiger partial charge is 0.319 e. The molecule has 0 aliphatic carbocycles. The molecule has 4 atom stereocenters. The normalized spacial score (nSPS) is 32.7. The van der Waals surface area contributed by atoms with Crippen molar-refractivity contribution in [1.82, 2.24) is 19.9 Å². The van der Waals surface area contributed by atoms with Crippen molar-refractivity contribution in [2.75, 3.05) is 37.8 Å². The molecule has 0 saturated carbocycles. The van der Waals surface area contributed by atoms with Crippen molar-refractivity contribution >= 4 is 28.3 Å². The van der Waals surface area contributed by atoms with Crippen LogP contribution in [0.15, 0.2) is 6.20 Å². The number of anilines is 1. The van der Waals surface area contributed by atoms with Crippen LogP contribution in [-0.2, 0) is 4.74 Å². The van der Waals surface area contributed by atoms with Gasteiger partial charge in [0.2, 0.25) is 0 Å². The van der Waals surface area contributed by atoms with Crippen molar-refractivity contribution in [3.05, 3.63) is 17.2 Å². The molecule has 0 radical (unpaired) electrons. The second kappa shape index (κ2) is 7.35. The molecule has 166 valence electrons. The number of ether oxygens (including phenoxy) is 2. The van der Waals surface area contributed by atoms with Crippen molar-refractivity contribution in [3.8, 4) is 6.01 Å². The highest BCUT2D eigenvalue weighted by Crippen LogP contribution is 2.42. The average Bonchev–Trinajstić information content (AvgIpc) is 3.05. The predicted octanol–water partition coefficient (Wildman–Crippen LogP) is 3.14. The van der Waals surface area contributed by atoms with Gasteiger partial charge in [-0.15, -0.1) is 0 Å². The summed E-state index contributed by atoms with van der Waals surface area (Å²) in [5, 5.41) is 0.278. The Balaban J connectivity index is 1.37. The van der Waals surface area contributed by atoms with E-state index in [1.165, 1.54) is 6.20 Å². The Hall–Kier alpha value is -1.84. The van der Waals surface area contributed by atoms with Gasteiger partial charge in [0.1, 0.15) is 24.1 Å². The number of alkyl halides is 1. The minimum atomic E-state index is -0.844. The summed E-state index contributed by atoms with van der Waals surface area (Å²) in [6, 6.07) is 0.559. The maximum Gasteiger partial charge on any atom is 0.319 e. The van der Waals surface area contributed by atoms with Gasteiger partial charge < -0.3 is 14.4 Å². The van der Waals surface area contributed by atoms with Crippen molar-refractivity contribution in [2.24, 2.45) is 0 Å². The largest absolute Gasteiger partial charge is 0.461 e. The Morgan fingerprint density at radius 2 is 2.23 bits per heavy atom. The molecule has 0 spiro atoms. The standard InChI is InChI=1S/C21H24ClF2N5O2/c22-18-16(24)17-15(8-25-18)19(29-13-2-5-30-10-14(29)6-13)27-20(26-17)31-11-21-3-1-4-28(21)9-12(23)7-21/h8,12-14H,1-7,9-11H2/t12-,13?,14?,21+/m1/s1. The van der Waals surface area contributed by atoms with Crippen molar-refractivity contribution in [3.63, 3.8) is 0 Å². The van der Waals surface area contributed by atoms with Gasteiger partial charge in [-0.3, -0.25) is 4.90 Å². The molecular weight excluding hydrogens is 428 g/mol. The van der Waals surface area contributed by atoms with E-state index in [-0.39, 0.29) is 40.9 Å². The van der Waals surface area contributed by atoms with Crippen molar-refractivity contribution in [2.45, 2.75) is 55.9 Å². The Labute approximate surface area is 183 Å². The van der Waals surface area contributed by atoms with Crippen LogP contribution in [0.25, 0.3) is 10.9 Å². The van der Waals surface area contributed by atoms with E-state index in [0.29, 0.717) is 37.4 Å². The van der Waals surface area contributed by atoms with Gasteiger partial charge in [-0.25, -0.2) is 13.8 Å². The molecule has 0 N–H and O–H groups in total. The lowest BCUT2D eigenvalue weighted by Crippen LogP contribution is -2.57. The summed E-state index contributed by atoms with van der Waals surface area (Å²) in [6.07, 6.45) is 4.93. The molecule has 2 aromatic heterocycles. The highest BCUT2D eigenvalue weighted by Gasteiger charge is 2.49. The van der Waals surface area contributed by atoms with E-state index in [1.807, 2.05) is 0 Å². The summed E-state index contributed by atoms with van der Waals surface area (Å²) in [5.41, 5.74) is -0.231. The van der Waals surface area contributed by atoms with E-state index in [9.17, 15) is 8.78 Å². The van der Waals surface area contributed by atoms with Gasteiger partial charge in [-0.05, 0) is 32.2 Å². The number of hydrogen-bond donors (Lipinski definition) is 0. The van der Waals surface area contributed by atoms with Gasteiger partial charge in [0.05, 0.1) is 23.6 Å². The van der Waals surface area contributed by atoms with Crippen LogP contribution in [0, 0.1) is 5.82 Å². The summed E-state index contributed by atoms with van der Waals surface area (Å²) in [5.74, 6) is -0.0804. The molecule has 31 heavy (non-hydrogen) atoms. The molecule has 2 unspecified atom stereocenters. The number of aromatic nitrogens is 3. The Morgan fingerprint density at radius 1 is 1.32 bits per heavy atom. The molecule has 0 amide bonds. The van der Waals surface area contributed by atoms with Crippen molar-refractivity contribution in [1.29, 1.82) is 0 Å². The molecule has 6 heterocycles. The first-order valence-electron chi connectivity index (χ1n) is 10.9. The molecule has 2 aromatic rings. The van der Waals surface area contributed by atoms with E-state index >= 15 is 0 Å². The van der Waals surface area contributed by atoms with Gasteiger partial charge in [-0.1, -0.05) is 11.6 Å². The highest BCUT2D eigenvalue weighted by atomic mass is 35.5. The number of hydrogen-bond acceptors (Lipinski definition) is 7. The van der Waals surface area contributed by atoms with Gasteiger partial charge in [0.15, 0.2) is 11.0 Å². The zero-order chi connectivity index (χ0) is 21.2. The van der Waals surface area contributed by atoms with Crippen LogP contribution >= 0.6 is 11.6 Å². The first-order valence-corrected chi connectivity index (χ1v) is 11.3. The predicted molar refractivity (Wildman–Crippen MR) is 111 cm³/mol. The summed E-state index contributed by atoms with van der Waals surface area (Å²) >= 11 is 5.94. The third kappa shape index (κ3) is 3.15. The van der Waals surface area contributed by atoms with Crippen LogP contribution in [-0.4, -0.2) is 76.6 Å². The van der Waals surface area contributed by atoms with E-state index < -0.39 is 12.0 Å². The van der Waals surface area contributed by atoms with Crippen LogP contribution in [0.5, 0.6) is 6.01 Å². The fourth-order valence-corrected chi connectivity index (χ4v) is 5.94. The van der Waals surface area contributed by atoms with Gasteiger partial charge in [-0.2, -0.15) is 9.97 Å². The van der Waals surface area contributed by atoms with E-state index in [2.05, 4.69) is 24.8 Å². The molecule has 10 heteroatoms. The quantitative estimate of drug-likeness (QED) is 0.662. The second-order valence-corrected chi connectivity index (χ2v) is 9.49. The Kier molecular flexibility index (Phi) is 4.70. The molecule has 0 aromatic carbocycles. The second-order valence-electron chi connectivity index (χ2n) is 9.13. The van der Waals surface area contributed by atoms with Gasteiger partial charge in [0, 0.05) is 31.8 Å². The van der Waals surface area contributed by atoms with Crippen molar-refractivity contribution < 1.29 is 18.3 Å². The van der Waals surface area contributed by atoms with E-state index in [0.717, 1.165) is 32.2 Å². The summed E-state index contributed by atoms with van der Waals surface area (Å²) < 4.78 is 40.7. The van der Waals surface area contributed by atoms with Gasteiger partial charge >= 0.3 is 6.01 Å². The lowest BCUT2D eigenvalue weighted by molar-refractivity contribution is 0.107. The zero-order valence-corrected chi connectivity index (χ0v) is 17.8. The first kappa shape index (κ1) is 19.8. The molecule has 2 bridgehead atoms. The molecule has 4 saturated heterocycles. The van der Waals surface area contributed by atoms with E-state index in [1.54, 1.807) is 0 Å². The van der Waals surface area contributed by atoms with Gasteiger partial charge in [0.25, 0.3) is 0 Å². The number of rotatable bonds is 4. The third-order valence-corrected chi connectivity index (χ3v) is 7.58. The van der Waals surface area contributed by atoms with Crippen LogP contribution in [0.3, 0.4) is 0 Å². The SMILES string of the molecule is Fc1c(Cl)ncc2c(N3C4CCOCC3C4)nc(OC[C@@]34CCCN3C[C@H](F)C4)nc12. The maximum absolute atomic E-state index is 14.9. The van der Waals surface area contributed by atoms with Crippen LogP contribution < -0.4 is 9.64 Å². The Bertz CT molecular complexity index is 1010. The molecule has 7 nitrogen and oxygen atoms in total. The number of halogens is 3. The lowest BCUT2D eigenvalue weighted by Gasteiger charge is -2.47. The molecule has 4 aliphatic rings. The zero-order valence-electron chi connectivity index (χ0n) is 17.1. The summed E-state index contributed by atoms with van der Waals surface area (Å²) in [7, 11) is 0. The maximum atomic E-state index is 14.9. The fourth-order valence-electron chi connectivity index (χ4n) is 5.80. The molecule has 6 rings (SSSR count). The molecular formula is C21H24ClF2N5O2. The molecule has 4 aliphatic heterocycles. The highest BCUT2D eigenvalue weighted by molar-refractivity contribution is 6.30. The van der Waals surface area contributed by atoms with Crippen LogP contribution in [0.4, 0.5) is 14.6 Å². The monoisotopic (exact) mass is 451 g/mol. The summed E-state index contributed by atoms with van der Waals surface area (Å²) in [4.78, 5) is 17.3. The Morgan fingerprint density at radius 3 is 3.13 bits per heavy atom. The lowest BCUT2D eigenvalue weighted by atomic mass is 9.91. The number of nitrogens with zero attached hydrogens (tertiary/aromatic N) is 5.